The van der Waals surface area contributed by atoms with Crippen molar-refractivity contribution < 1.29 is 40.5 Å². The van der Waals surface area contributed by atoms with Crippen molar-refractivity contribution in [1.29, 1.82) is 0 Å². The van der Waals surface area contributed by atoms with Crippen molar-refractivity contribution in [3.63, 3.8) is 0 Å². The average molecular weight is 212 g/mol. The van der Waals surface area contributed by atoms with Crippen molar-refractivity contribution in [3.05, 3.63) is 0 Å². The normalized spacial score (nSPS) is 18.8. The molecule has 0 bridgehead atoms. The molecule has 0 aliphatic rings. The van der Waals surface area contributed by atoms with Crippen molar-refractivity contribution in [1.82, 2.24) is 0 Å². The number of carbonyl (C=O) groups is 1. The van der Waals surface area contributed by atoms with Gasteiger partial charge < -0.3 is 35.7 Å². The lowest BCUT2D eigenvalue weighted by Gasteiger charge is -2.32. The molecule has 2 atom stereocenters. The highest BCUT2D eigenvalue weighted by Crippen LogP contribution is 2.19. The molecular weight excluding hydrogens is 200 g/mol. The van der Waals surface area contributed by atoms with E-state index in [1.807, 2.05) is 0 Å². The van der Waals surface area contributed by atoms with Crippen LogP contribution in [0, 0.1) is 0 Å². The first-order valence-electron chi connectivity index (χ1n) is 3.54. The fraction of sp³-hybridized carbons (Fsp3) is 0.833. The third-order valence-electron chi connectivity index (χ3n) is 1.67. The first kappa shape index (κ1) is 13.4. The molecule has 0 aromatic carbocycles. The fourth-order valence-corrected chi connectivity index (χ4v) is 0.708. The Balaban J connectivity index is 4.97. The Morgan fingerprint density at radius 2 is 1.57 bits per heavy atom. The van der Waals surface area contributed by atoms with E-state index in [4.69, 9.17) is 35.7 Å². The van der Waals surface area contributed by atoms with Gasteiger partial charge in [0.25, 0.3) is 0 Å². The molecule has 0 aliphatic heterocycles. The summed E-state index contributed by atoms with van der Waals surface area (Å²) in [5.41, 5.74) is -3.37. The van der Waals surface area contributed by atoms with E-state index in [0.29, 0.717) is 0 Å². The van der Waals surface area contributed by atoms with Gasteiger partial charge in [0.2, 0.25) is 11.4 Å². The van der Waals surface area contributed by atoms with E-state index in [9.17, 15) is 4.79 Å². The molecule has 2 unspecified atom stereocenters. The minimum Gasteiger partial charge on any atom is -0.393 e. The highest BCUT2D eigenvalue weighted by Gasteiger charge is 2.55. The quantitative estimate of drug-likeness (QED) is 0.224. The maximum atomic E-state index is 11.0. The first-order valence-corrected chi connectivity index (χ1v) is 3.54. The number of rotatable bonds is 5. The molecule has 0 rings (SSSR count). The largest absolute Gasteiger partial charge is 0.393 e. The zero-order valence-corrected chi connectivity index (χ0v) is 7.03. The van der Waals surface area contributed by atoms with Gasteiger partial charge in [-0.15, -0.1) is 0 Å². The summed E-state index contributed by atoms with van der Waals surface area (Å²) in [4.78, 5) is 11.0. The molecule has 7 N–H and O–H groups in total. The standard InChI is InChI=1S/C6H12O8/c7-1-3(9)4(10)5(11,2-8)6(12,13)14/h3,7-9,11-14H,1-2H2. The number of hydrogen-bond donors (Lipinski definition) is 7. The molecule has 0 heterocycles. The first-order chi connectivity index (χ1) is 6.20. The third kappa shape index (κ3) is 2.25. The molecule has 8 nitrogen and oxygen atoms in total. The van der Waals surface area contributed by atoms with Crippen LogP contribution in [0.25, 0.3) is 0 Å². The maximum absolute atomic E-state index is 11.0. The molecule has 0 aromatic heterocycles. The number of hydrogen-bond acceptors (Lipinski definition) is 8. The van der Waals surface area contributed by atoms with Crippen LogP contribution >= 0.6 is 0 Å². The zero-order valence-electron chi connectivity index (χ0n) is 7.03. The average Bonchev–Trinajstić information content (AvgIpc) is 2.12. The maximum Gasteiger partial charge on any atom is 0.316 e. The SMILES string of the molecule is O=C(C(O)CO)C(O)(CO)C(O)(O)O. The van der Waals surface area contributed by atoms with E-state index in [-0.39, 0.29) is 0 Å². The summed E-state index contributed by atoms with van der Waals surface area (Å²) in [6.45, 7) is -2.64. The minimum atomic E-state index is -3.91. The van der Waals surface area contributed by atoms with E-state index < -0.39 is 36.7 Å². The van der Waals surface area contributed by atoms with Crippen molar-refractivity contribution in [2.24, 2.45) is 0 Å². The van der Waals surface area contributed by atoms with Crippen LogP contribution < -0.4 is 0 Å². The van der Waals surface area contributed by atoms with E-state index in [2.05, 4.69) is 0 Å². The predicted molar refractivity (Wildman–Crippen MR) is 39.5 cm³/mol. The van der Waals surface area contributed by atoms with Crippen LogP contribution in [0.5, 0.6) is 0 Å². The zero-order chi connectivity index (χ0) is 11.6. The number of carbonyl (C=O) groups excluding carboxylic acids is 1. The lowest BCUT2D eigenvalue weighted by Crippen LogP contribution is -2.64. The summed E-state index contributed by atoms with van der Waals surface area (Å²) in [6.07, 6.45) is -2.14. The van der Waals surface area contributed by atoms with Gasteiger partial charge in [0, 0.05) is 0 Å². The Hall–Kier alpha value is -0.610. The monoisotopic (exact) mass is 212 g/mol. The summed E-state index contributed by atoms with van der Waals surface area (Å²) in [5.74, 6) is -5.62. The van der Waals surface area contributed by atoms with Crippen LogP contribution in [0.15, 0.2) is 0 Å². The Labute approximate surface area is 78.3 Å². The van der Waals surface area contributed by atoms with E-state index >= 15 is 0 Å². The third-order valence-corrected chi connectivity index (χ3v) is 1.67. The van der Waals surface area contributed by atoms with E-state index in [1.54, 1.807) is 0 Å². The van der Waals surface area contributed by atoms with Gasteiger partial charge in [0.05, 0.1) is 13.2 Å². The van der Waals surface area contributed by atoms with Crippen LogP contribution in [0.4, 0.5) is 0 Å². The number of aliphatic hydroxyl groups excluding tert-OH is 3. The molecule has 0 amide bonds. The molecule has 0 aliphatic carbocycles. The molecule has 0 radical (unpaired) electrons. The number of ketones is 1. The second kappa shape index (κ2) is 4.28. The molecule has 84 valence electrons. The fourth-order valence-electron chi connectivity index (χ4n) is 0.708. The van der Waals surface area contributed by atoms with Gasteiger partial charge in [0.15, 0.2) is 0 Å². The van der Waals surface area contributed by atoms with Gasteiger partial charge >= 0.3 is 5.97 Å². The highest BCUT2D eigenvalue weighted by molar-refractivity contribution is 5.91. The van der Waals surface area contributed by atoms with Gasteiger partial charge in [-0.05, 0) is 0 Å². The topological polar surface area (TPSA) is 159 Å². The summed E-state index contributed by atoms with van der Waals surface area (Å²) < 4.78 is 0. The van der Waals surface area contributed by atoms with Gasteiger partial charge in [-0.2, -0.15) is 0 Å². The molecule has 0 saturated heterocycles. The molecule has 14 heavy (non-hydrogen) atoms. The van der Waals surface area contributed by atoms with Gasteiger partial charge in [-0.3, -0.25) is 4.79 Å². The lowest BCUT2D eigenvalue weighted by atomic mass is 9.93. The Morgan fingerprint density at radius 3 is 1.79 bits per heavy atom. The highest BCUT2D eigenvalue weighted by atomic mass is 16.7. The number of aliphatic hydroxyl groups is 7. The minimum absolute atomic E-state index is 1.10. The van der Waals surface area contributed by atoms with Crippen molar-refractivity contribution in [2.45, 2.75) is 17.7 Å². The van der Waals surface area contributed by atoms with Gasteiger partial charge in [0.1, 0.15) is 6.10 Å². The lowest BCUT2D eigenvalue weighted by molar-refractivity contribution is -0.384. The molecular formula is C6H12O8. The van der Waals surface area contributed by atoms with Gasteiger partial charge in [-0.25, -0.2) is 0 Å². The molecule has 8 heteroatoms. The molecule has 0 spiro atoms. The molecule has 0 aromatic rings. The smallest absolute Gasteiger partial charge is 0.316 e. The van der Waals surface area contributed by atoms with E-state index in [0.717, 1.165) is 0 Å². The second-order valence-corrected chi connectivity index (χ2v) is 2.72. The van der Waals surface area contributed by atoms with Crippen LogP contribution in [-0.4, -0.2) is 72.4 Å². The predicted octanol–water partition coefficient (Wildman–Crippen LogP) is -4.74. The van der Waals surface area contributed by atoms with Crippen molar-refractivity contribution in [2.75, 3.05) is 13.2 Å². The Kier molecular flexibility index (Phi) is 4.09. The number of Topliss-reactive ketones (excluding diaryl/α,β-unsaturated/α-hetero) is 1. The Bertz CT molecular complexity index is 208. The molecule has 0 fully saturated rings. The van der Waals surface area contributed by atoms with Crippen LogP contribution in [0.2, 0.25) is 0 Å². The van der Waals surface area contributed by atoms with E-state index in [1.165, 1.54) is 0 Å². The summed E-state index contributed by atoms with van der Waals surface area (Å²) >= 11 is 0. The van der Waals surface area contributed by atoms with Crippen LogP contribution in [0.3, 0.4) is 0 Å². The summed E-state index contributed by atoms with van der Waals surface area (Å²) in [6, 6.07) is 0. The Morgan fingerprint density at radius 1 is 1.14 bits per heavy atom. The summed E-state index contributed by atoms with van der Waals surface area (Å²) in [5, 5.41) is 60.3. The summed E-state index contributed by atoms with van der Waals surface area (Å²) in [7, 11) is 0. The second-order valence-electron chi connectivity index (χ2n) is 2.72. The van der Waals surface area contributed by atoms with Crippen molar-refractivity contribution >= 4 is 5.78 Å². The molecule has 0 saturated carbocycles. The van der Waals surface area contributed by atoms with Crippen molar-refractivity contribution in [3.8, 4) is 0 Å². The van der Waals surface area contributed by atoms with Crippen LogP contribution in [0.1, 0.15) is 0 Å². The van der Waals surface area contributed by atoms with Gasteiger partial charge in [-0.1, -0.05) is 0 Å². The van der Waals surface area contributed by atoms with Crippen LogP contribution in [-0.2, 0) is 4.79 Å².